The second kappa shape index (κ2) is 9.56. The summed E-state index contributed by atoms with van der Waals surface area (Å²) < 4.78 is 9.73. The highest BCUT2D eigenvalue weighted by atomic mass is 16.5. The van der Waals surface area contributed by atoms with E-state index in [9.17, 15) is 14.4 Å². The van der Waals surface area contributed by atoms with Crippen LogP contribution >= 0.6 is 0 Å². The molecule has 0 aromatic carbocycles. The van der Waals surface area contributed by atoms with Crippen molar-refractivity contribution in [2.45, 2.75) is 20.4 Å². The number of imide groups is 1. The number of hydrogen-bond donors (Lipinski definition) is 3. The van der Waals surface area contributed by atoms with Gasteiger partial charge in [-0.2, -0.15) is 0 Å². The van der Waals surface area contributed by atoms with Crippen molar-refractivity contribution >= 4 is 17.9 Å². The SMILES string of the molecule is CCOC(=O)NC(=O)C[NH+](CC)CC(=O)NCc1ccco1. The number of ether oxygens (including phenoxy) is 1. The molecule has 0 bridgehead atoms. The van der Waals surface area contributed by atoms with E-state index in [1.165, 1.54) is 6.26 Å². The van der Waals surface area contributed by atoms with Crippen LogP contribution in [0.4, 0.5) is 4.79 Å². The van der Waals surface area contributed by atoms with Crippen LogP contribution < -0.4 is 15.5 Å². The van der Waals surface area contributed by atoms with Crippen molar-refractivity contribution in [2.24, 2.45) is 0 Å². The Labute approximate surface area is 128 Å². The van der Waals surface area contributed by atoms with Crippen LogP contribution in [0.3, 0.4) is 0 Å². The first-order valence-corrected chi connectivity index (χ1v) is 7.14. The lowest BCUT2D eigenvalue weighted by Gasteiger charge is -2.16. The molecule has 1 rings (SSSR count). The fourth-order valence-corrected chi connectivity index (χ4v) is 1.75. The van der Waals surface area contributed by atoms with Gasteiger partial charge in [0.2, 0.25) is 0 Å². The summed E-state index contributed by atoms with van der Waals surface area (Å²) in [6, 6.07) is 3.50. The first-order chi connectivity index (χ1) is 10.5. The summed E-state index contributed by atoms with van der Waals surface area (Å²) in [6.07, 6.45) is 0.760. The van der Waals surface area contributed by atoms with Crippen molar-refractivity contribution in [1.29, 1.82) is 0 Å². The molecule has 0 spiro atoms. The Hall–Kier alpha value is -2.35. The molecule has 0 saturated carbocycles. The molecular weight excluding hydrogens is 290 g/mol. The van der Waals surface area contributed by atoms with Gasteiger partial charge in [-0.05, 0) is 26.0 Å². The van der Waals surface area contributed by atoms with Crippen LogP contribution in [0, 0.1) is 0 Å². The van der Waals surface area contributed by atoms with Gasteiger partial charge in [0.15, 0.2) is 13.1 Å². The number of quaternary nitrogens is 1. The summed E-state index contributed by atoms with van der Waals surface area (Å²) in [6.45, 7) is 4.72. The quantitative estimate of drug-likeness (QED) is 0.576. The minimum absolute atomic E-state index is 0.0173. The van der Waals surface area contributed by atoms with Gasteiger partial charge < -0.3 is 19.4 Å². The first kappa shape index (κ1) is 17.7. The first-order valence-electron chi connectivity index (χ1n) is 7.14. The van der Waals surface area contributed by atoms with Crippen molar-refractivity contribution in [3.8, 4) is 0 Å². The summed E-state index contributed by atoms with van der Waals surface area (Å²) in [5.41, 5.74) is 0. The summed E-state index contributed by atoms with van der Waals surface area (Å²) in [4.78, 5) is 35.3. The van der Waals surface area contributed by atoms with Crippen LogP contribution in [0.1, 0.15) is 19.6 Å². The Morgan fingerprint density at radius 3 is 2.55 bits per heavy atom. The minimum Gasteiger partial charge on any atom is -0.467 e. The molecule has 0 fully saturated rings. The van der Waals surface area contributed by atoms with Crippen LogP contribution in [0.25, 0.3) is 0 Å². The van der Waals surface area contributed by atoms with E-state index in [0.29, 0.717) is 18.8 Å². The Kier molecular flexibility index (Phi) is 7.69. The predicted octanol–water partition coefficient (Wildman–Crippen LogP) is -0.927. The van der Waals surface area contributed by atoms with E-state index in [1.807, 2.05) is 6.92 Å². The lowest BCUT2D eigenvalue weighted by molar-refractivity contribution is -0.881. The van der Waals surface area contributed by atoms with Gasteiger partial charge in [-0.1, -0.05) is 0 Å². The molecule has 1 aromatic heterocycles. The van der Waals surface area contributed by atoms with Crippen molar-refractivity contribution in [1.82, 2.24) is 10.6 Å². The lowest BCUT2D eigenvalue weighted by atomic mass is 10.4. The van der Waals surface area contributed by atoms with Crippen molar-refractivity contribution in [3.63, 3.8) is 0 Å². The molecule has 3 N–H and O–H groups in total. The van der Waals surface area contributed by atoms with E-state index >= 15 is 0 Å². The van der Waals surface area contributed by atoms with Crippen LogP contribution in [0.2, 0.25) is 0 Å². The number of likely N-dealkylation sites (N-methyl/N-ethyl adjacent to an activating group) is 1. The van der Waals surface area contributed by atoms with Gasteiger partial charge in [0.25, 0.3) is 11.8 Å². The normalized spacial score (nSPS) is 11.5. The number of alkyl carbamates (subject to hydrolysis) is 1. The molecule has 0 aliphatic carbocycles. The van der Waals surface area contributed by atoms with Crippen molar-refractivity contribution < 1.29 is 28.4 Å². The number of furan rings is 1. The smallest absolute Gasteiger partial charge is 0.414 e. The van der Waals surface area contributed by atoms with Gasteiger partial charge in [0, 0.05) is 0 Å². The molecule has 1 unspecified atom stereocenters. The molecule has 0 aliphatic heterocycles. The molecular formula is C14H22N3O5+. The van der Waals surface area contributed by atoms with Crippen molar-refractivity contribution in [2.75, 3.05) is 26.2 Å². The highest BCUT2D eigenvalue weighted by Crippen LogP contribution is 1.97. The lowest BCUT2D eigenvalue weighted by Crippen LogP contribution is -3.14. The Balaban J connectivity index is 2.32. The fourth-order valence-electron chi connectivity index (χ4n) is 1.75. The van der Waals surface area contributed by atoms with Crippen LogP contribution in [-0.2, 0) is 20.9 Å². The molecule has 1 aromatic rings. The zero-order chi connectivity index (χ0) is 16.4. The van der Waals surface area contributed by atoms with E-state index in [-0.39, 0.29) is 25.6 Å². The van der Waals surface area contributed by atoms with E-state index < -0.39 is 12.0 Å². The van der Waals surface area contributed by atoms with E-state index in [4.69, 9.17) is 4.42 Å². The molecule has 0 radical (unpaired) electrons. The topological polar surface area (TPSA) is 102 Å². The fraction of sp³-hybridized carbons (Fsp3) is 0.500. The second-order valence-electron chi connectivity index (χ2n) is 4.58. The third-order valence-corrected chi connectivity index (χ3v) is 2.88. The second-order valence-corrected chi connectivity index (χ2v) is 4.58. The molecule has 122 valence electrons. The maximum atomic E-state index is 11.8. The zero-order valence-corrected chi connectivity index (χ0v) is 12.8. The average Bonchev–Trinajstić information content (AvgIpc) is 2.97. The van der Waals surface area contributed by atoms with Gasteiger partial charge in [-0.3, -0.25) is 14.9 Å². The molecule has 1 heterocycles. The van der Waals surface area contributed by atoms with Gasteiger partial charge >= 0.3 is 6.09 Å². The van der Waals surface area contributed by atoms with E-state index in [2.05, 4.69) is 15.4 Å². The third kappa shape index (κ3) is 6.89. The predicted molar refractivity (Wildman–Crippen MR) is 77.0 cm³/mol. The summed E-state index contributed by atoms with van der Waals surface area (Å²) >= 11 is 0. The highest BCUT2D eigenvalue weighted by Gasteiger charge is 2.18. The van der Waals surface area contributed by atoms with E-state index in [1.54, 1.807) is 19.1 Å². The number of carbonyl (C=O) groups is 3. The number of rotatable bonds is 8. The summed E-state index contributed by atoms with van der Waals surface area (Å²) in [7, 11) is 0. The van der Waals surface area contributed by atoms with Gasteiger partial charge in [-0.25, -0.2) is 4.79 Å². The van der Waals surface area contributed by atoms with Gasteiger partial charge in [0.05, 0.1) is 26.0 Å². The molecule has 8 heteroatoms. The molecule has 0 aliphatic rings. The third-order valence-electron chi connectivity index (χ3n) is 2.88. The number of carbonyl (C=O) groups excluding carboxylic acids is 3. The van der Waals surface area contributed by atoms with Crippen molar-refractivity contribution in [3.05, 3.63) is 24.2 Å². The van der Waals surface area contributed by atoms with Gasteiger partial charge in [0.1, 0.15) is 5.76 Å². The molecule has 0 saturated heterocycles. The maximum Gasteiger partial charge on any atom is 0.414 e. The number of nitrogens with one attached hydrogen (secondary N) is 3. The zero-order valence-electron chi connectivity index (χ0n) is 12.8. The van der Waals surface area contributed by atoms with Crippen LogP contribution in [0.15, 0.2) is 22.8 Å². The van der Waals surface area contributed by atoms with Crippen LogP contribution in [0.5, 0.6) is 0 Å². The Morgan fingerprint density at radius 1 is 1.23 bits per heavy atom. The average molecular weight is 312 g/mol. The largest absolute Gasteiger partial charge is 0.467 e. The molecule has 8 nitrogen and oxygen atoms in total. The highest BCUT2D eigenvalue weighted by molar-refractivity contribution is 5.92. The number of hydrogen-bond acceptors (Lipinski definition) is 5. The number of amides is 3. The Morgan fingerprint density at radius 2 is 1.95 bits per heavy atom. The summed E-state index contributed by atoms with van der Waals surface area (Å²) in [5.74, 6) is -0.0160. The minimum atomic E-state index is -0.773. The van der Waals surface area contributed by atoms with E-state index in [0.717, 1.165) is 4.90 Å². The summed E-state index contributed by atoms with van der Waals surface area (Å²) in [5, 5.41) is 4.81. The van der Waals surface area contributed by atoms with Crippen LogP contribution in [-0.4, -0.2) is 44.1 Å². The molecule has 1 atom stereocenters. The van der Waals surface area contributed by atoms with Gasteiger partial charge in [-0.15, -0.1) is 0 Å². The standard InChI is InChI=1S/C14H21N3O5/c1-3-17(10-13(19)16-14(20)21-4-2)9-12(18)15-8-11-6-5-7-22-11/h5-7H,3-4,8-10H2,1-2H3,(H,15,18)(H,16,19,20)/p+1. The maximum absolute atomic E-state index is 11.8. The molecule has 22 heavy (non-hydrogen) atoms. The monoisotopic (exact) mass is 312 g/mol. The Bertz CT molecular complexity index is 487. The molecule has 3 amide bonds.